The number of rotatable bonds is 1. The molecule has 0 spiro atoms. The molecule has 0 aromatic rings. The molecular formula is C9H17Br. The molecule has 0 heterocycles. The average molecular weight is 205 g/mol. The first kappa shape index (κ1) is 8.58. The Labute approximate surface area is 72.5 Å². The van der Waals surface area contributed by atoms with Crippen LogP contribution in [0.2, 0.25) is 0 Å². The fourth-order valence-electron chi connectivity index (χ4n) is 1.80. The molecule has 0 nitrogen and oxygen atoms in total. The first-order valence-corrected chi connectivity index (χ1v) is 5.52. The second-order valence-corrected chi connectivity index (χ2v) is 4.18. The van der Waals surface area contributed by atoms with E-state index in [0.29, 0.717) is 0 Å². The molecule has 0 bridgehead atoms. The van der Waals surface area contributed by atoms with Crippen molar-refractivity contribution in [3.05, 3.63) is 0 Å². The maximum absolute atomic E-state index is 3.59. The normalized spacial score (nSPS) is 35.4. The van der Waals surface area contributed by atoms with Gasteiger partial charge in [-0.2, -0.15) is 0 Å². The Morgan fingerprint density at radius 2 is 1.90 bits per heavy atom. The Hall–Kier alpha value is 0.480. The predicted molar refractivity (Wildman–Crippen MR) is 49.5 cm³/mol. The molecule has 1 aliphatic rings. The predicted octanol–water partition coefficient (Wildman–Crippen LogP) is 3.60. The van der Waals surface area contributed by atoms with E-state index >= 15 is 0 Å². The van der Waals surface area contributed by atoms with Gasteiger partial charge >= 0.3 is 0 Å². The summed E-state index contributed by atoms with van der Waals surface area (Å²) in [6, 6.07) is 0. The van der Waals surface area contributed by atoms with Crippen LogP contribution in [0.25, 0.3) is 0 Å². The van der Waals surface area contributed by atoms with Gasteiger partial charge in [-0.05, 0) is 18.3 Å². The molecule has 0 aromatic carbocycles. The lowest BCUT2D eigenvalue weighted by Crippen LogP contribution is -2.10. The second-order valence-electron chi connectivity index (χ2n) is 3.53. The number of hydrogen-bond donors (Lipinski definition) is 0. The van der Waals surface area contributed by atoms with Gasteiger partial charge < -0.3 is 0 Å². The minimum atomic E-state index is 0.960. The fourth-order valence-corrected chi connectivity index (χ4v) is 2.76. The van der Waals surface area contributed by atoms with Crippen molar-refractivity contribution in [2.75, 3.05) is 5.33 Å². The third-order valence-electron chi connectivity index (χ3n) is 2.74. The quantitative estimate of drug-likeness (QED) is 0.453. The first-order valence-electron chi connectivity index (χ1n) is 4.40. The Morgan fingerprint density at radius 3 is 2.60 bits per heavy atom. The summed E-state index contributed by atoms with van der Waals surface area (Å²) in [6.45, 7) is 2.40. The van der Waals surface area contributed by atoms with Gasteiger partial charge in [-0.3, -0.25) is 0 Å². The van der Waals surface area contributed by atoms with Gasteiger partial charge in [0.15, 0.2) is 0 Å². The largest absolute Gasteiger partial charge is 0.0925 e. The molecular weight excluding hydrogens is 188 g/mol. The van der Waals surface area contributed by atoms with E-state index in [0.717, 1.165) is 11.8 Å². The minimum absolute atomic E-state index is 0.960. The summed E-state index contributed by atoms with van der Waals surface area (Å²) < 4.78 is 0. The van der Waals surface area contributed by atoms with Crippen molar-refractivity contribution in [3.63, 3.8) is 0 Å². The van der Waals surface area contributed by atoms with Crippen LogP contribution in [0.5, 0.6) is 0 Å². The maximum Gasteiger partial charge on any atom is 0.00622 e. The van der Waals surface area contributed by atoms with Crippen molar-refractivity contribution in [2.24, 2.45) is 11.8 Å². The standard InChI is InChI=1S/C9H17Br/c1-8-5-3-2-4-6-9(8)7-10/h8-9H,2-7H2,1H3. The van der Waals surface area contributed by atoms with E-state index in [-0.39, 0.29) is 0 Å². The third-order valence-corrected chi connectivity index (χ3v) is 3.57. The van der Waals surface area contributed by atoms with Crippen LogP contribution in [-0.4, -0.2) is 5.33 Å². The summed E-state index contributed by atoms with van der Waals surface area (Å²) in [4.78, 5) is 0. The maximum atomic E-state index is 3.59. The third kappa shape index (κ3) is 2.26. The number of halogens is 1. The molecule has 1 aliphatic carbocycles. The van der Waals surface area contributed by atoms with E-state index in [2.05, 4.69) is 22.9 Å². The van der Waals surface area contributed by atoms with Crippen molar-refractivity contribution in [2.45, 2.75) is 39.0 Å². The lowest BCUT2D eigenvalue weighted by molar-refractivity contribution is 0.375. The molecule has 0 saturated heterocycles. The van der Waals surface area contributed by atoms with Gasteiger partial charge in [-0.15, -0.1) is 0 Å². The van der Waals surface area contributed by atoms with Crippen LogP contribution in [0, 0.1) is 11.8 Å². The second kappa shape index (κ2) is 4.38. The summed E-state index contributed by atoms with van der Waals surface area (Å²) in [6.07, 6.45) is 7.29. The fraction of sp³-hybridized carbons (Fsp3) is 1.00. The van der Waals surface area contributed by atoms with E-state index in [1.165, 1.54) is 37.4 Å². The zero-order valence-corrected chi connectivity index (χ0v) is 8.36. The van der Waals surface area contributed by atoms with Crippen LogP contribution < -0.4 is 0 Å². The van der Waals surface area contributed by atoms with Crippen molar-refractivity contribution in [3.8, 4) is 0 Å². The zero-order chi connectivity index (χ0) is 7.40. The lowest BCUT2D eigenvalue weighted by atomic mass is 9.92. The monoisotopic (exact) mass is 204 g/mol. The molecule has 0 aliphatic heterocycles. The van der Waals surface area contributed by atoms with Crippen LogP contribution in [0.1, 0.15) is 39.0 Å². The van der Waals surface area contributed by atoms with Crippen LogP contribution in [-0.2, 0) is 0 Å². The summed E-state index contributed by atoms with van der Waals surface area (Å²) in [5.74, 6) is 1.92. The van der Waals surface area contributed by atoms with Crippen molar-refractivity contribution in [1.29, 1.82) is 0 Å². The van der Waals surface area contributed by atoms with E-state index < -0.39 is 0 Å². The SMILES string of the molecule is CC1CCCCCC1CBr. The molecule has 0 aromatic heterocycles. The molecule has 1 heteroatoms. The highest BCUT2D eigenvalue weighted by Gasteiger charge is 2.17. The summed E-state index contributed by atoms with van der Waals surface area (Å²) in [7, 11) is 0. The Bertz CT molecular complexity index is 90.7. The molecule has 1 fully saturated rings. The van der Waals surface area contributed by atoms with Gasteiger partial charge in [0.1, 0.15) is 0 Å². The highest BCUT2D eigenvalue weighted by molar-refractivity contribution is 9.09. The Morgan fingerprint density at radius 1 is 1.20 bits per heavy atom. The number of hydrogen-bond acceptors (Lipinski definition) is 0. The first-order chi connectivity index (χ1) is 4.84. The van der Waals surface area contributed by atoms with Crippen LogP contribution >= 0.6 is 15.9 Å². The highest BCUT2D eigenvalue weighted by atomic mass is 79.9. The van der Waals surface area contributed by atoms with Gasteiger partial charge in [-0.25, -0.2) is 0 Å². The molecule has 2 atom stereocenters. The van der Waals surface area contributed by atoms with E-state index in [1.54, 1.807) is 0 Å². The zero-order valence-electron chi connectivity index (χ0n) is 6.78. The molecule has 0 radical (unpaired) electrons. The summed E-state index contributed by atoms with van der Waals surface area (Å²) >= 11 is 3.59. The Kier molecular flexibility index (Phi) is 3.75. The summed E-state index contributed by atoms with van der Waals surface area (Å²) in [5.41, 5.74) is 0. The molecule has 1 saturated carbocycles. The topological polar surface area (TPSA) is 0 Å². The molecule has 60 valence electrons. The van der Waals surface area contributed by atoms with Crippen molar-refractivity contribution < 1.29 is 0 Å². The minimum Gasteiger partial charge on any atom is -0.0925 e. The Balaban J connectivity index is 2.35. The molecule has 10 heavy (non-hydrogen) atoms. The van der Waals surface area contributed by atoms with Gasteiger partial charge in [0, 0.05) is 5.33 Å². The van der Waals surface area contributed by atoms with Crippen LogP contribution in [0.15, 0.2) is 0 Å². The molecule has 1 rings (SSSR count). The van der Waals surface area contributed by atoms with Gasteiger partial charge in [-0.1, -0.05) is 48.5 Å². The van der Waals surface area contributed by atoms with Crippen LogP contribution in [0.4, 0.5) is 0 Å². The van der Waals surface area contributed by atoms with Crippen LogP contribution in [0.3, 0.4) is 0 Å². The van der Waals surface area contributed by atoms with Gasteiger partial charge in [0.2, 0.25) is 0 Å². The number of alkyl halides is 1. The van der Waals surface area contributed by atoms with Crippen molar-refractivity contribution >= 4 is 15.9 Å². The van der Waals surface area contributed by atoms with E-state index in [9.17, 15) is 0 Å². The summed E-state index contributed by atoms with van der Waals surface area (Å²) in [5, 5.41) is 1.22. The highest BCUT2D eigenvalue weighted by Crippen LogP contribution is 2.29. The van der Waals surface area contributed by atoms with Gasteiger partial charge in [0.25, 0.3) is 0 Å². The average Bonchev–Trinajstić information content (AvgIpc) is 2.13. The van der Waals surface area contributed by atoms with Crippen molar-refractivity contribution in [1.82, 2.24) is 0 Å². The van der Waals surface area contributed by atoms with E-state index in [4.69, 9.17) is 0 Å². The lowest BCUT2D eigenvalue weighted by Gasteiger charge is -2.17. The van der Waals surface area contributed by atoms with E-state index in [1.807, 2.05) is 0 Å². The molecule has 2 unspecified atom stereocenters. The van der Waals surface area contributed by atoms with Gasteiger partial charge in [0.05, 0.1) is 0 Å². The molecule has 0 amide bonds. The molecule has 0 N–H and O–H groups in total. The smallest absolute Gasteiger partial charge is 0.00622 e.